The Labute approximate surface area is 186 Å². The Morgan fingerprint density at radius 3 is 2.71 bits per heavy atom. The van der Waals surface area contributed by atoms with E-state index in [9.17, 15) is 14.7 Å². The van der Waals surface area contributed by atoms with Gasteiger partial charge in [0.25, 0.3) is 5.56 Å². The first-order chi connectivity index (χ1) is 14.9. The van der Waals surface area contributed by atoms with Gasteiger partial charge in [0.05, 0.1) is 17.7 Å². The van der Waals surface area contributed by atoms with E-state index in [0.29, 0.717) is 35.6 Å². The van der Waals surface area contributed by atoms with Crippen molar-refractivity contribution in [2.24, 2.45) is 5.41 Å². The number of rotatable bonds is 5. The molecule has 1 aliphatic rings. The number of aliphatic hydroxyl groups is 1. The number of aryl methyl sites for hydroxylation is 1. The van der Waals surface area contributed by atoms with Gasteiger partial charge >= 0.3 is 0 Å². The van der Waals surface area contributed by atoms with Crippen LogP contribution in [0.3, 0.4) is 0 Å². The van der Waals surface area contributed by atoms with Gasteiger partial charge in [-0.25, -0.2) is 4.68 Å². The highest BCUT2D eigenvalue weighted by molar-refractivity contribution is 6.30. The van der Waals surface area contributed by atoms with Gasteiger partial charge in [0.2, 0.25) is 5.91 Å². The van der Waals surface area contributed by atoms with Crippen LogP contribution in [0.25, 0.3) is 10.8 Å². The number of halogens is 1. The van der Waals surface area contributed by atoms with E-state index in [1.165, 1.54) is 4.68 Å². The molecule has 0 bridgehead atoms. The summed E-state index contributed by atoms with van der Waals surface area (Å²) in [5, 5.41) is 16.6. The second-order valence-electron chi connectivity index (χ2n) is 8.48. The zero-order valence-electron chi connectivity index (χ0n) is 17.6. The normalized spacial score (nSPS) is 19.0. The first kappa shape index (κ1) is 21.5. The number of amides is 1. The summed E-state index contributed by atoms with van der Waals surface area (Å²) in [7, 11) is 0. The predicted octanol–water partition coefficient (Wildman–Crippen LogP) is 3.20. The van der Waals surface area contributed by atoms with Crippen LogP contribution in [-0.2, 0) is 17.8 Å². The van der Waals surface area contributed by atoms with Crippen molar-refractivity contribution in [2.45, 2.75) is 32.7 Å². The van der Waals surface area contributed by atoms with Crippen molar-refractivity contribution in [2.75, 3.05) is 19.7 Å². The van der Waals surface area contributed by atoms with Crippen LogP contribution in [0, 0.1) is 12.3 Å². The molecule has 31 heavy (non-hydrogen) atoms. The van der Waals surface area contributed by atoms with Crippen molar-refractivity contribution < 1.29 is 9.90 Å². The van der Waals surface area contributed by atoms with Crippen molar-refractivity contribution >= 4 is 28.3 Å². The maximum Gasteiger partial charge on any atom is 0.275 e. The maximum atomic E-state index is 13.1. The Morgan fingerprint density at radius 2 is 1.97 bits per heavy atom. The Kier molecular flexibility index (Phi) is 6.12. The fraction of sp³-hybridized carbons (Fsp3) is 0.375. The summed E-state index contributed by atoms with van der Waals surface area (Å²) in [6.45, 7) is 2.76. The van der Waals surface area contributed by atoms with Gasteiger partial charge in [-0.2, -0.15) is 5.10 Å². The molecule has 1 atom stereocenters. The number of likely N-dealkylation sites (tertiary alicyclic amines) is 1. The van der Waals surface area contributed by atoms with E-state index in [1.807, 2.05) is 49.4 Å². The van der Waals surface area contributed by atoms with E-state index < -0.39 is 5.41 Å². The summed E-state index contributed by atoms with van der Waals surface area (Å²) in [4.78, 5) is 27.7. The fourth-order valence-electron chi connectivity index (χ4n) is 4.57. The highest BCUT2D eigenvalue weighted by Gasteiger charge is 2.37. The largest absolute Gasteiger partial charge is 0.396 e. The maximum absolute atomic E-state index is 13.1. The lowest BCUT2D eigenvalue weighted by Crippen LogP contribution is -2.50. The molecule has 7 heteroatoms. The first-order valence-corrected chi connectivity index (χ1v) is 10.9. The Balaban J connectivity index is 1.54. The molecule has 0 saturated carbocycles. The second-order valence-corrected chi connectivity index (χ2v) is 8.91. The zero-order chi connectivity index (χ0) is 22.0. The SMILES string of the molecule is Cc1nn(CC(=O)N2CCCC(CO)(Cc3cccc(Cl)c3)C2)c(=O)c2ccccc12. The average Bonchev–Trinajstić information content (AvgIpc) is 2.77. The number of carbonyl (C=O) groups is 1. The van der Waals surface area contributed by atoms with Crippen LogP contribution in [-0.4, -0.2) is 45.4 Å². The molecule has 1 unspecified atom stereocenters. The highest BCUT2D eigenvalue weighted by atomic mass is 35.5. The van der Waals surface area contributed by atoms with Crippen LogP contribution in [0.5, 0.6) is 0 Å². The van der Waals surface area contributed by atoms with Crippen molar-refractivity contribution in [3.8, 4) is 0 Å². The number of piperidine rings is 1. The molecule has 162 valence electrons. The minimum absolute atomic E-state index is 0.0173. The van der Waals surface area contributed by atoms with Crippen LogP contribution in [0.1, 0.15) is 24.1 Å². The minimum Gasteiger partial charge on any atom is -0.396 e. The summed E-state index contributed by atoms with van der Waals surface area (Å²) in [6.07, 6.45) is 2.26. The molecular formula is C24H26ClN3O3. The van der Waals surface area contributed by atoms with E-state index in [4.69, 9.17) is 11.6 Å². The van der Waals surface area contributed by atoms with Crippen LogP contribution in [0.15, 0.2) is 53.3 Å². The highest BCUT2D eigenvalue weighted by Crippen LogP contribution is 2.34. The molecule has 1 aromatic heterocycles. The summed E-state index contributed by atoms with van der Waals surface area (Å²) < 4.78 is 1.26. The molecule has 1 fully saturated rings. The molecule has 1 aliphatic heterocycles. The van der Waals surface area contributed by atoms with Gasteiger partial charge in [-0.05, 0) is 49.9 Å². The van der Waals surface area contributed by atoms with Gasteiger partial charge in [0.1, 0.15) is 6.54 Å². The van der Waals surface area contributed by atoms with E-state index in [1.54, 1.807) is 11.0 Å². The van der Waals surface area contributed by atoms with Crippen LogP contribution in [0.4, 0.5) is 0 Å². The molecule has 0 radical (unpaired) electrons. The van der Waals surface area contributed by atoms with Crippen LogP contribution >= 0.6 is 11.6 Å². The van der Waals surface area contributed by atoms with E-state index >= 15 is 0 Å². The van der Waals surface area contributed by atoms with Gasteiger partial charge < -0.3 is 10.0 Å². The minimum atomic E-state index is -0.420. The van der Waals surface area contributed by atoms with Crippen molar-refractivity contribution in [1.29, 1.82) is 0 Å². The number of hydrogen-bond donors (Lipinski definition) is 1. The van der Waals surface area contributed by atoms with Crippen molar-refractivity contribution in [3.05, 3.63) is 75.2 Å². The van der Waals surface area contributed by atoms with Gasteiger partial charge in [0, 0.05) is 28.9 Å². The monoisotopic (exact) mass is 439 g/mol. The third-order valence-electron chi connectivity index (χ3n) is 6.16. The quantitative estimate of drug-likeness (QED) is 0.662. The van der Waals surface area contributed by atoms with Crippen molar-refractivity contribution in [3.63, 3.8) is 0 Å². The van der Waals surface area contributed by atoms with Crippen LogP contribution < -0.4 is 5.56 Å². The van der Waals surface area contributed by atoms with Crippen LogP contribution in [0.2, 0.25) is 5.02 Å². The lowest BCUT2D eigenvalue weighted by atomic mass is 9.75. The predicted molar refractivity (Wildman–Crippen MR) is 121 cm³/mol. The lowest BCUT2D eigenvalue weighted by molar-refractivity contribution is -0.136. The molecule has 6 nitrogen and oxygen atoms in total. The molecule has 0 spiro atoms. The molecular weight excluding hydrogens is 414 g/mol. The number of aliphatic hydroxyl groups excluding tert-OH is 1. The Hall–Kier alpha value is -2.70. The third-order valence-corrected chi connectivity index (χ3v) is 6.39. The average molecular weight is 440 g/mol. The number of nitrogens with zero attached hydrogens (tertiary/aromatic N) is 3. The summed E-state index contributed by atoms with van der Waals surface area (Å²) >= 11 is 6.12. The van der Waals surface area contributed by atoms with Gasteiger partial charge in [-0.1, -0.05) is 41.9 Å². The Bertz CT molecular complexity index is 1180. The summed E-state index contributed by atoms with van der Waals surface area (Å²) in [5.74, 6) is -0.159. The van der Waals surface area contributed by atoms with Gasteiger partial charge in [-0.15, -0.1) is 0 Å². The lowest BCUT2D eigenvalue weighted by Gasteiger charge is -2.42. The number of fused-ring (bicyclic) bond motifs is 1. The zero-order valence-corrected chi connectivity index (χ0v) is 18.3. The smallest absolute Gasteiger partial charge is 0.275 e. The van der Waals surface area contributed by atoms with Gasteiger partial charge in [0.15, 0.2) is 0 Å². The Morgan fingerprint density at radius 1 is 1.19 bits per heavy atom. The molecule has 3 aromatic rings. The summed E-state index contributed by atoms with van der Waals surface area (Å²) in [5.41, 5.74) is 1.07. The van der Waals surface area contributed by atoms with Crippen molar-refractivity contribution in [1.82, 2.24) is 14.7 Å². The first-order valence-electron chi connectivity index (χ1n) is 10.5. The summed E-state index contributed by atoms with van der Waals surface area (Å²) in [6, 6.07) is 14.9. The number of benzene rings is 2. The topological polar surface area (TPSA) is 75.4 Å². The molecule has 1 amide bonds. The molecule has 2 heterocycles. The molecule has 1 saturated heterocycles. The molecule has 2 aromatic carbocycles. The molecule has 4 rings (SSSR count). The fourth-order valence-corrected chi connectivity index (χ4v) is 4.78. The second kappa shape index (κ2) is 8.81. The number of hydrogen-bond acceptors (Lipinski definition) is 4. The molecule has 1 N–H and O–H groups in total. The van der Waals surface area contributed by atoms with Gasteiger partial charge in [-0.3, -0.25) is 9.59 Å². The third kappa shape index (κ3) is 4.50. The van der Waals surface area contributed by atoms with E-state index in [2.05, 4.69) is 5.10 Å². The van der Waals surface area contributed by atoms with E-state index in [0.717, 1.165) is 23.8 Å². The standard InChI is InChI=1S/C24H26ClN3O3/c1-17-20-8-2-3-9-21(20)23(31)28(26-17)14-22(30)27-11-5-10-24(15-27,16-29)13-18-6-4-7-19(25)12-18/h2-4,6-9,12,29H,5,10-11,13-16H2,1H3. The molecule has 0 aliphatic carbocycles. The number of carbonyl (C=O) groups excluding carboxylic acids is 1. The van der Waals surface area contributed by atoms with E-state index in [-0.39, 0.29) is 24.6 Å². The number of aromatic nitrogens is 2.